The minimum absolute atomic E-state index is 0.0416. The average Bonchev–Trinajstić information content (AvgIpc) is 3.68. The van der Waals surface area contributed by atoms with Gasteiger partial charge in [0.15, 0.2) is 11.4 Å². The van der Waals surface area contributed by atoms with E-state index < -0.39 is 40.0 Å². The number of anilines is 1. The Balaban J connectivity index is 1.41. The molecule has 0 atom stereocenters. The number of carbonyl (C=O) groups is 1. The first-order chi connectivity index (χ1) is 18.8. The number of nitrogens with zero attached hydrogens (tertiary/aromatic N) is 4. The van der Waals surface area contributed by atoms with Crippen molar-refractivity contribution in [3.63, 3.8) is 0 Å². The van der Waals surface area contributed by atoms with E-state index in [1.807, 2.05) is 0 Å². The molecule has 1 amide bonds. The normalized spacial score (nSPS) is 14.2. The van der Waals surface area contributed by atoms with Crippen LogP contribution >= 0.6 is 0 Å². The number of sulfonamides is 1. The number of nitrogens with one attached hydrogen (secondary N) is 1. The quantitative estimate of drug-likeness (QED) is 0.279. The molecule has 2 aromatic heterocycles. The van der Waals surface area contributed by atoms with Gasteiger partial charge in [0.2, 0.25) is 10.0 Å². The van der Waals surface area contributed by atoms with Gasteiger partial charge < -0.3 is 4.74 Å². The molecule has 1 fully saturated rings. The highest BCUT2D eigenvalue weighted by molar-refractivity contribution is 7.89. The summed E-state index contributed by atoms with van der Waals surface area (Å²) in [6.07, 6.45) is -6.20. The van der Waals surface area contributed by atoms with Crippen LogP contribution in [0.25, 0.3) is 16.9 Å². The molecule has 1 aliphatic rings. The van der Waals surface area contributed by atoms with Gasteiger partial charge in [-0.2, -0.15) is 22.6 Å². The van der Waals surface area contributed by atoms with Crippen molar-refractivity contribution in [2.45, 2.75) is 36.4 Å². The van der Waals surface area contributed by atoms with E-state index in [2.05, 4.69) is 15.4 Å². The first-order valence-corrected chi connectivity index (χ1v) is 13.2. The van der Waals surface area contributed by atoms with Crippen LogP contribution < -0.4 is 10.1 Å². The molecular weight excluding hydrogens is 561 g/mol. The Bertz CT molecular complexity index is 1690. The Morgan fingerprint density at radius 2 is 1.82 bits per heavy atom. The molecule has 1 aliphatic carbocycles. The lowest BCUT2D eigenvalue weighted by Gasteiger charge is -2.17. The second kappa shape index (κ2) is 10.1. The van der Waals surface area contributed by atoms with Crippen molar-refractivity contribution in [3.05, 3.63) is 72.1 Å². The molecule has 4 aromatic rings. The van der Waals surface area contributed by atoms with Gasteiger partial charge in [0, 0.05) is 24.3 Å². The van der Waals surface area contributed by atoms with Crippen molar-refractivity contribution < 1.29 is 39.9 Å². The Kier molecular flexibility index (Phi) is 6.95. The van der Waals surface area contributed by atoms with Gasteiger partial charge >= 0.3 is 12.3 Å². The molecule has 0 bridgehead atoms. The molecule has 1 saturated carbocycles. The van der Waals surface area contributed by atoms with Crippen LogP contribution in [0, 0.1) is 0 Å². The molecule has 2 aromatic carbocycles. The average molecular weight is 582 g/mol. The molecule has 0 aliphatic heterocycles. The van der Waals surface area contributed by atoms with Crippen LogP contribution in [0.4, 0.5) is 32.4 Å². The summed E-state index contributed by atoms with van der Waals surface area (Å²) in [5.74, 6) is -0.314. The Labute approximate surface area is 224 Å². The topological polar surface area (TPSA) is 106 Å². The monoisotopic (exact) mass is 581 g/mol. The van der Waals surface area contributed by atoms with Crippen LogP contribution in [-0.4, -0.2) is 46.5 Å². The summed E-state index contributed by atoms with van der Waals surface area (Å²) in [5, 5.41) is 6.19. The summed E-state index contributed by atoms with van der Waals surface area (Å²) in [6, 6.07) is 10.2. The lowest BCUT2D eigenvalue weighted by molar-refractivity contribution is -0.137. The van der Waals surface area contributed by atoms with Gasteiger partial charge in [0.05, 0.1) is 22.3 Å². The number of halogens is 5. The third-order valence-electron chi connectivity index (χ3n) is 6.22. The number of rotatable bonds is 7. The zero-order valence-electron chi connectivity index (χ0n) is 20.6. The van der Waals surface area contributed by atoms with E-state index in [-0.39, 0.29) is 39.3 Å². The fraction of sp³-hybridized carbons (Fsp3) is 0.240. The molecule has 40 heavy (non-hydrogen) atoms. The van der Waals surface area contributed by atoms with Gasteiger partial charge in [-0.1, -0.05) is 18.2 Å². The highest BCUT2D eigenvalue weighted by atomic mass is 32.2. The Morgan fingerprint density at radius 1 is 1.12 bits per heavy atom. The van der Waals surface area contributed by atoms with Crippen molar-refractivity contribution in [3.8, 4) is 17.0 Å². The fourth-order valence-electron chi connectivity index (χ4n) is 3.95. The molecule has 0 spiro atoms. The van der Waals surface area contributed by atoms with Crippen molar-refractivity contribution in [1.29, 1.82) is 0 Å². The molecule has 0 saturated heterocycles. The molecule has 0 radical (unpaired) electrons. The Hall–Kier alpha value is -4.11. The first kappa shape index (κ1) is 27.5. The summed E-state index contributed by atoms with van der Waals surface area (Å²) in [7, 11) is -2.31. The second-order valence-electron chi connectivity index (χ2n) is 8.98. The van der Waals surface area contributed by atoms with Crippen LogP contribution in [0.2, 0.25) is 0 Å². The second-order valence-corrected chi connectivity index (χ2v) is 11.0. The van der Waals surface area contributed by atoms with Gasteiger partial charge in [0.1, 0.15) is 5.69 Å². The van der Waals surface area contributed by atoms with Crippen LogP contribution in [0.15, 0.2) is 65.7 Å². The fourth-order valence-corrected chi connectivity index (χ4v) is 5.41. The number of ether oxygens (including phenoxy) is 1. The predicted octanol–water partition coefficient (Wildman–Crippen LogP) is 5.75. The summed E-state index contributed by atoms with van der Waals surface area (Å²) in [6.45, 7) is 0. The number of hydrogen-bond donors (Lipinski definition) is 1. The van der Waals surface area contributed by atoms with Crippen molar-refractivity contribution in [1.82, 2.24) is 18.9 Å². The third-order valence-corrected chi connectivity index (χ3v) is 8.13. The molecule has 2 heterocycles. The SMILES string of the molecule is CN(C1CC1)S(=O)(=O)c1cccc(NC(=O)Oc2cnn3c(C(F)F)cc(-c4ccc(C(F)(F)F)cc4)nc23)c1. The first-order valence-electron chi connectivity index (χ1n) is 11.8. The van der Waals surface area contributed by atoms with Gasteiger partial charge in [-0.15, -0.1) is 0 Å². The molecular formula is C25H20F5N5O4S. The van der Waals surface area contributed by atoms with Gasteiger partial charge in [-0.05, 0) is 49.2 Å². The van der Waals surface area contributed by atoms with E-state index in [0.717, 1.165) is 53.9 Å². The minimum Gasteiger partial charge on any atom is -0.404 e. The van der Waals surface area contributed by atoms with Crippen molar-refractivity contribution in [2.75, 3.05) is 12.4 Å². The smallest absolute Gasteiger partial charge is 0.404 e. The highest BCUT2D eigenvalue weighted by Gasteiger charge is 2.35. The minimum atomic E-state index is -4.58. The maximum Gasteiger partial charge on any atom is 0.417 e. The number of aromatic nitrogens is 3. The van der Waals surface area contributed by atoms with E-state index in [1.165, 1.54) is 35.6 Å². The largest absolute Gasteiger partial charge is 0.417 e. The lowest BCUT2D eigenvalue weighted by Crippen LogP contribution is -2.29. The number of carbonyl (C=O) groups excluding carboxylic acids is 1. The van der Waals surface area contributed by atoms with Gasteiger partial charge in [-0.3, -0.25) is 5.32 Å². The zero-order chi connectivity index (χ0) is 28.8. The zero-order valence-corrected chi connectivity index (χ0v) is 21.4. The standard InChI is InChI=1S/C25H20F5N5O4S/c1-34(17-9-10-17)40(37,38)18-4-2-3-16(11-18)32-24(36)39-21-13-31-35-20(22(26)27)12-19(33-23(21)35)14-5-7-15(8-6-14)25(28,29)30/h2-8,11-13,17,22H,9-10H2,1H3,(H,32,36). The molecule has 210 valence electrons. The van der Waals surface area contributed by atoms with Gasteiger partial charge in [-0.25, -0.2) is 31.5 Å². The maximum absolute atomic E-state index is 13.8. The lowest BCUT2D eigenvalue weighted by atomic mass is 10.1. The number of fused-ring (bicyclic) bond motifs is 1. The highest BCUT2D eigenvalue weighted by Crippen LogP contribution is 2.33. The summed E-state index contributed by atoms with van der Waals surface area (Å²) in [5.41, 5.74) is -1.73. The van der Waals surface area contributed by atoms with E-state index >= 15 is 0 Å². The van der Waals surface area contributed by atoms with Crippen LogP contribution in [-0.2, 0) is 16.2 Å². The molecule has 5 rings (SSSR count). The molecule has 9 nitrogen and oxygen atoms in total. The van der Waals surface area contributed by atoms with E-state index in [0.29, 0.717) is 0 Å². The number of amides is 1. The maximum atomic E-state index is 13.8. The van der Waals surface area contributed by atoms with Crippen LogP contribution in [0.5, 0.6) is 5.75 Å². The number of hydrogen-bond acceptors (Lipinski definition) is 6. The molecule has 15 heteroatoms. The van der Waals surface area contributed by atoms with Gasteiger partial charge in [0.25, 0.3) is 6.43 Å². The van der Waals surface area contributed by atoms with Crippen LogP contribution in [0.3, 0.4) is 0 Å². The molecule has 0 unspecified atom stereocenters. The summed E-state index contributed by atoms with van der Waals surface area (Å²) in [4.78, 5) is 16.8. The van der Waals surface area contributed by atoms with E-state index in [9.17, 15) is 35.2 Å². The van der Waals surface area contributed by atoms with Crippen molar-refractivity contribution >= 4 is 27.5 Å². The van der Waals surface area contributed by atoms with Crippen molar-refractivity contribution in [2.24, 2.45) is 0 Å². The predicted molar refractivity (Wildman–Crippen MR) is 132 cm³/mol. The van der Waals surface area contributed by atoms with E-state index in [1.54, 1.807) is 0 Å². The summed E-state index contributed by atoms with van der Waals surface area (Å²) < 4.78 is 99.3. The summed E-state index contributed by atoms with van der Waals surface area (Å²) >= 11 is 0. The van der Waals surface area contributed by atoms with E-state index in [4.69, 9.17) is 4.74 Å². The molecule has 1 N–H and O–H groups in total. The van der Waals surface area contributed by atoms with Crippen LogP contribution in [0.1, 0.15) is 30.5 Å². The number of alkyl halides is 5. The Morgan fingerprint density at radius 3 is 2.45 bits per heavy atom. The third kappa shape index (κ3) is 5.47. The number of benzene rings is 2.